The van der Waals surface area contributed by atoms with Crippen molar-refractivity contribution in [2.45, 2.75) is 6.92 Å². The summed E-state index contributed by atoms with van der Waals surface area (Å²) in [5.74, 6) is -0.603. The van der Waals surface area contributed by atoms with Crippen molar-refractivity contribution in [2.24, 2.45) is 0 Å². The van der Waals surface area contributed by atoms with Crippen molar-refractivity contribution in [3.8, 4) is 0 Å². The van der Waals surface area contributed by atoms with Crippen molar-refractivity contribution in [2.75, 3.05) is 27.0 Å². The fourth-order valence-electron chi connectivity index (χ4n) is 0.582. The first-order chi connectivity index (χ1) is 5.58. The first-order valence-corrected chi connectivity index (χ1v) is 5.17. The van der Waals surface area contributed by atoms with Gasteiger partial charge in [0, 0.05) is 7.11 Å². The summed E-state index contributed by atoms with van der Waals surface area (Å²) in [5, 5.41) is 0. The Balaban J connectivity index is 4.14. The molecular weight excluding hydrogens is 183 g/mol. The van der Waals surface area contributed by atoms with E-state index in [4.69, 9.17) is 4.52 Å². The molecule has 0 bridgehead atoms. The lowest BCUT2D eigenvalue weighted by Gasteiger charge is -2.13. The van der Waals surface area contributed by atoms with Crippen LogP contribution in [0.4, 0.5) is 0 Å². The number of rotatable bonds is 5. The average molecular weight is 196 g/mol. The van der Waals surface area contributed by atoms with Crippen LogP contribution in [0.3, 0.4) is 0 Å². The van der Waals surface area contributed by atoms with Gasteiger partial charge in [-0.15, -0.1) is 0 Å². The molecule has 0 rings (SSSR count). The van der Waals surface area contributed by atoms with Gasteiger partial charge in [-0.05, 0) is 6.92 Å². The van der Waals surface area contributed by atoms with Crippen molar-refractivity contribution in [1.29, 1.82) is 0 Å². The molecule has 0 aromatic carbocycles. The van der Waals surface area contributed by atoms with Gasteiger partial charge in [-0.2, -0.15) is 0 Å². The Morgan fingerprint density at radius 2 is 2.00 bits per heavy atom. The Morgan fingerprint density at radius 3 is 2.33 bits per heavy atom. The Hall–Kier alpha value is -0.380. The molecule has 0 radical (unpaired) electrons. The minimum absolute atomic E-state index is 0.238. The lowest BCUT2D eigenvalue weighted by molar-refractivity contribution is -0.137. The number of carbonyl (C=O) groups is 1. The molecule has 0 aromatic heterocycles. The third-order valence-corrected chi connectivity index (χ3v) is 3.01. The largest absolute Gasteiger partial charge is 0.469 e. The Labute approximate surface area is 71.5 Å². The van der Waals surface area contributed by atoms with Crippen LogP contribution in [0.1, 0.15) is 6.92 Å². The summed E-state index contributed by atoms with van der Waals surface area (Å²) in [5.41, 5.74) is 0. The van der Waals surface area contributed by atoms with Gasteiger partial charge in [0.25, 0.3) is 0 Å². The van der Waals surface area contributed by atoms with Gasteiger partial charge in [-0.25, -0.2) is 0 Å². The summed E-state index contributed by atoms with van der Waals surface area (Å²) in [6, 6.07) is 0. The normalized spacial score (nSPS) is 15.2. The van der Waals surface area contributed by atoms with E-state index in [0.29, 0.717) is 0 Å². The van der Waals surface area contributed by atoms with Crippen LogP contribution in [0.5, 0.6) is 0 Å². The van der Waals surface area contributed by atoms with Gasteiger partial charge < -0.3 is 13.8 Å². The highest BCUT2D eigenvalue weighted by atomic mass is 31.2. The standard InChI is InChI=1S/C6H13O5P/c1-4-11-12(8,10-3)5-6(7)9-2/h4-5H2,1-3H3. The van der Waals surface area contributed by atoms with Crippen LogP contribution in [-0.4, -0.2) is 33.0 Å². The number of ether oxygens (including phenoxy) is 1. The monoisotopic (exact) mass is 196 g/mol. The molecule has 1 unspecified atom stereocenters. The summed E-state index contributed by atoms with van der Waals surface area (Å²) in [6.07, 6.45) is -0.339. The molecule has 72 valence electrons. The van der Waals surface area contributed by atoms with Gasteiger partial charge in [-0.3, -0.25) is 9.36 Å². The molecular formula is C6H13O5P. The molecule has 0 saturated carbocycles. The second-order valence-electron chi connectivity index (χ2n) is 1.95. The van der Waals surface area contributed by atoms with E-state index in [-0.39, 0.29) is 12.8 Å². The number of hydrogen-bond donors (Lipinski definition) is 0. The topological polar surface area (TPSA) is 61.8 Å². The molecule has 0 spiro atoms. The lowest BCUT2D eigenvalue weighted by Crippen LogP contribution is -2.10. The summed E-state index contributed by atoms with van der Waals surface area (Å²) in [7, 11) is -0.795. The molecule has 0 saturated heterocycles. The number of methoxy groups -OCH3 is 1. The van der Waals surface area contributed by atoms with Gasteiger partial charge >= 0.3 is 13.6 Å². The van der Waals surface area contributed by atoms with E-state index < -0.39 is 13.6 Å². The third kappa shape index (κ3) is 3.85. The van der Waals surface area contributed by atoms with Crippen LogP contribution >= 0.6 is 7.60 Å². The lowest BCUT2D eigenvalue weighted by atomic mass is 10.8. The molecule has 0 aliphatic heterocycles. The predicted molar refractivity (Wildman–Crippen MR) is 43.1 cm³/mol. The zero-order valence-corrected chi connectivity index (χ0v) is 8.30. The van der Waals surface area contributed by atoms with Crippen LogP contribution in [-0.2, 0) is 23.1 Å². The van der Waals surface area contributed by atoms with Crippen molar-refractivity contribution in [1.82, 2.24) is 0 Å². The molecule has 5 nitrogen and oxygen atoms in total. The summed E-state index contributed by atoms with van der Waals surface area (Å²) >= 11 is 0. The maximum absolute atomic E-state index is 11.4. The van der Waals surface area contributed by atoms with E-state index in [1.807, 2.05) is 0 Å². The maximum Gasteiger partial charge on any atom is 0.341 e. The van der Waals surface area contributed by atoms with Crippen molar-refractivity contribution in [3.05, 3.63) is 0 Å². The van der Waals surface area contributed by atoms with Crippen LogP contribution < -0.4 is 0 Å². The summed E-state index contributed by atoms with van der Waals surface area (Å²) in [4.78, 5) is 10.7. The highest BCUT2D eigenvalue weighted by Crippen LogP contribution is 2.46. The number of hydrogen-bond acceptors (Lipinski definition) is 5. The molecule has 0 aliphatic carbocycles. The number of carbonyl (C=O) groups excluding carboxylic acids is 1. The summed E-state index contributed by atoms with van der Waals surface area (Å²) in [6.45, 7) is 1.91. The molecule has 12 heavy (non-hydrogen) atoms. The molecule has 0 N–H and O–H groups in total. The molecule has 6 heteroatoms. The van der Waals surface area contributed by atoms with Crippen LogP contribution in [0.15, 0.2) is 0 Å². The molecule has 0 amide bonds. The molecule has 0 heterocycles. The second kappa shape index (κ2) is 5.30. The van der Waals surface area contributed by atoms with E-state index in [1.165, 1.54) is 14.2 Å². The minimum Gasteiger partial charge on any atom is -0.469 e. The zero-order valence-electron chi connectivity index (χ0n) is 7.40. The Morgan fingerprint density at radius 1 is 1.42 bits per heavy atom. The van der Waals surface area contributed by atoms with Crippen molar-refractivity contribution >= 4 is 13.6 Å². The second-order valence-corrected chi connectivity index (χ2v) is 4.11. The summed E-state index contributed by atoms with van der Waals surface area (Å²) < 4.78 is 25.1. The van der Waals surface area contributed by atoms with Crippen LogP contribution in [0, 0.1) is 0 Å². The first-order valence-electron chi connectivity index (χ1n) is 3.44. The van der Waals surface area contributed by atoms with E-state index in [0.717, 1.165) is 0 Å². The predicted octanol–water partition coefficient (Wildman–Crippen LogP) is 1.04. The first kappa shape index (κ1) is 11.6. The van der Waals surface area contributed by atoms with E-state index in [2.05, 4.69) is 9.26 Å². The van der Waals surface area contributed by atoms with Crippen LogP contribution in [0.2, 0.25) is 0 Å². The Kier molecular flexibility index (Phi) is 5.13. The van der Waals surface area contributed by atoms with Crippen molar-refractivity contribution in [3.63, 3.8) is 0 Å². The highest BCUT2D eigenvalue weighted by Gasteiger charge is 2.26. The fourth-order valence-corrected chi connectivity index (χ4v) is 1.75. The van der Waals surface area contributed by atoms with E-state index >= 15 is 0 Å². The van der Waals surface area contributed by atoms with Crippen LogP contribution in [0.25, 0.3) is 0 Å². The number of esters is 1. The van der Waals surface area contributed by atoms with Gasteiger partial charge in [-0.1, -0.05) is 0 Å². The minimum atomic E-state index is -3.25. The third-order valence-electron chi connectivity index (χ3n) is 1.15. The van der Waals surface area contributed by atoms with E-state index in [1.54, 1.807) is 6.92 Å². The molecule has 0 aromatic rings. The quantitative estimate of drug-likeness (QED) is 0.485. The van der Waals surface area contributed by atoms with Crippen molar-refractivity contribution < 1.29 is 23.1 Å². The maximum atomic E-state index is 11.4. The molecule has 1 atom stereocenters. The SMILES string of the molecule is CCOP(=O)(CC(=O)OC)OC. The average Bonchev–Trinajstić information content (AvgIpc) is 2.05. The van der Waals surface area contributed by atoms with Gasteiger partial charge in [0.1, 0.15) is 6.16 Å². The molecule has 0 fully saturated rings. The Bertz CT molecular complexity index is 190. The van der Waals surface area contributed by atoms with E-state index in [9.17, 15) is 9.36 Å². The fraction of sp³-hybridized carbons (Fsp3) is 0.833. The van der Waals surface area contributed by atoms with Gasteiger partial charge in [0.2, 0.25) is 0 Å². The zero-order chi connectivity index (χ0) is 9.61. The molecule has 0 aliphatic rings. The smallest absolute Gasteiger partial charge is 0.341 e. The van der Waals surface area contributed by atoms with Gasteiger partial charge in [0.05, 0.1) is 13.7 Å². The van der Waals surface area contributed by atoms with Gasteiger partial charge in [0.15, 0.2) is 0 Å². The highest BCUT2D eigenvalue weighted by molar-refractivity contribution is 7.54.